The Labute approximate surface area is 129 Å². The SMILES string of the molecule is CCOC(=O)c1cc2c(N)c3c(nc2nc1C)CCCCC3. The Bertz CT molecular complexity index is 740. The molecule has 0 bridgehead atoms. The Kier molecular flexibility index (Phi) is 3.96. The third-order valence-electron chi connectivity index (χ3n) is 4.23. The molecule has 0 amide bonds. The Hall–Kier alpha value is -2.17. The molecular formula is C17H21N3O2. The fourth-order valence-corrected chi connectivity index (χ4v) is 3.06. The topological polar surface area (TPSA) is 78.1 Å². The Balaban J connectivity index is 2.19. The Morgan fingerprint density at radius 2 is 2.05 bits per heavy atom. The Morgan fingerprint density at radius 1 is 1.27 bits per heavy atom. The highest BCUT2D eigenvalue weighted by atomic mass is 16.5. The average Bonchev–Trinajstić information content (AvgIpc) is 2.72. The van der Waals surface area contributed by atoms with Crippen LogP contribution in [0.3, 0.4) is 0 Å². The van der Waals surface area contributed by atoms with Gasteiger partial charge < -0.3 is 10.5 Å². The van der Waals surface area contributed by atoms with E-state index in [4.69, 9.17) is 15.5 Å². The highest BCUT2D eigenvalue weighted by molar-refractivity contribution is 5.98. The first-order valence-electron chi connectivity index (χ1n) is 7.87. The van der Waals surface area contributed by atoms with Crippen LogP contribution in [0.5, 0.6) is 0 Å². The minimum absolute atomic E-state index is 0.341. The molecule has 22 heavy (non-hydrogen) atoms. The molecule has 2 heterocycles. The van der Waals surface area contributed by atoms with Crippen LogP contribution >= 0.6 is 0 Å². The molecule has 5 heteroatoms. The minimum atomic E-state index is -0.358. The number of nitrogens with zero attached hydrogens (tertiary/aromatic N) is 2. The van der Waals surface area contributed by atoms with E-state index < -0.39 is 0 Å². The highest BCUT2D eigenvalue weighted by Crippen LogP contribution is 2.31. The van der Waals surface area contributed by atoms with E-state index in [2.05, 4.69) is 4.98 Å². The molecule has 0 radical (unpaired) electrons. The zero-order valence-corrected chi connectivity index (χ0v) is 13.1. The van der Waals surface area contributed by atoms with Crippen molar-refractivity contribution in [3.63, 3.8) is 0 Å². The summed E-state index contributed by atoms with van der Waals surface area (Å²) in [5.74, 6) is -0.358. The molecule has 2 aromatic heterocycles. The summed E-state index contributed by atoms with van der Waals surface area (Å²) < 4.78 is 5.09. The molecule has 5 nitrogen and oxygen atoms in total. The lowest BCUT2D eigenvalue weighted by Crippen LogP contribution is -2.10. The van der Waals surface area contributed by atoms with Crippen LogP contribution in [0.4, 0.5) is 5.69 Å². The molecule has 0 saturated carbocycles. The summed E-state index contributed by atoms with van der Waals surface area (Å²) in [5, 5.41) is 0.759. The number of ether oxygens (including phenoxy) is 1. The number of aromatic nitrogens is 2. The van der Waals surface area contributed by atoms with E-state index in [9.17, 15) is 4.79 Å². The standard InChI is InChI=1S/C17H21N3O2/c1-3-22-17(21)12-9-13-15(18)11-7-5-4-6-8-14(11)20-16(13)19-10(12)2/h9H,3-8H2,1-2H3,(H2,18,19,20). The van der Waals surface area contributed by atoms with Gasteiger partial charge in [0.25, 0.3) is 0 Å². The maximum Gasteiger partial charge on any atom is 0.339 e. The number of hydrogen-bond acceptors (Lipinski definition) is 5. The molecule has 2 N–H and O–H groups in total. The van der Waals surface area contributed by atoms with Crippen molar-refractivity contribution in [2.45, 2.75) is 46.0 Å². The third-order valence-corrected chi connectivity index (χ3v) is 4.23. The number of carbonyl (C=O) groups is 1. The molecule has 1 aliphatic rings. The number of esters is 1. The van der Waals surface area contributed by atoms with E-state index in [0.717, 1.165) is 48.0 Å². The first-order valence-corrected chi connectivity index (χ1v) is 7.87. The smallest absolute Gasteiger partial charge is 0.339 e. The van der Waals surface area contributed by atoms with Gasteiger partial charge in [-0.15, -0.1) is 0 Å². The van der Waals surface area contributed by atoms with E-state index in [1.54, 1.807) is 19.9 Å². The molecule has 0 atom stereocenters. The fourth-order valence-electron chi connectivity index (χ4n) is 3.06. The molecule has 2 aromatic rings. The van der Waals surface area contributed by atoms with Crippen LogP contribution in [0.2, 0.25) is 0 Å². The summed E-state index contributed by atoms with van der Waals surface area (Å²) in [6.45, 7) is 3.93. The molecule has 0 saturated heterocycles. The maximum absolute atomic E-state index is 12.0. The number of aryl methyl sites for hydroxylation is 2. The van der Waals surface area contributed by atoms with Crippen molar-refractivity contribution >= 4 is 22.7 Å². The predicted molar refractivity (Wildman–Crippen MR) is 85.9 cm³/mol. The van der Waals surface area contributed by atoms with E-state index in [0.29, 0.717) is 23.5 Å². The zero-order chi connectivity index (χ0) is 15.7. The Morgan fingerprint density at radius 3 is 2.82 bits per heavy atom. The largest absolute Gasteiger partial charge is 0.462 e. The van der Waals surface area contributed by atoms with E-state index in [1.807, 2.05) is 0 Å². The summed E-state index contributed by atoms with van der Waals surface area (Å²) in [4.78, 5) is 21.2. The van der Waals surface area contributed by atoms with E-state index in [1.165, 1.54) is 6.42 Å². The normalized spacial score (nSPS) is 14.5. The molecule has 0 spiro atoms. The summed E-state index contributed by atoms with van der Waals surface area (Å²) >= 11 is 0. The van der Waals surface area contributed by atoms with Crippen molar-refractivity contribution in [3.8, 4) is 0 Å². The van der Waals surface area contributed by atoms with Crippen LogP contribution in [0.15, 0.2) is 6.07 Å². The van der Waals surface area contributed by atoms with Gasteiger partial charge in [0.15, 0.2) is 5.65 Å². The number of fused-ring (bicyclic) bond motifs is 2. The average molecular weight is 299 g/mol. The van der Waals surface area contributed by atoms with Crippen molar-refractivity contribution in [2.75, 3.05) is 12.3 Å². The van der Waals surface area contributed by atoms with Gasteiger partial charge in [-0.2, -0.15) is 0 Å². The molecule has 0 fully saturated rings. The van der Waals surface area contributed by atoms with Gasteiger partial charge in [-0.25, -0.2) is 14.8 Å². The van der Waals surface area contributed by atoms with Gasteiger partial charge in [-0.05, 0) is 51.2 Å². The number of anilines is 1. The van der Waals surface area contributed by atoms with Gasteiger partial charge in [0.05, 0.1) is 17.9 Å². The van der Waals surface area contributed by atoms with Crippen LogP contribution in [0.1, 0.15) is 53.5 Å². The molecular weight excluding hydrogens is 278 g/mol. The minimum Gasteiger partial charge on any atom is -0.462 e. The van der Waals surface area contributed by atoms with Gasteiger partial charge in [0.2, 0.25) is 0 Å². The van der Waals surface area contributed by atoms with Crippen molar-refractivity contribution in [3.05, 3.63) is 28.6 Å². The lowest BCUT2D eigenvalue weighted by atomic mass is 10.0. The molecule has 116 valence electrons. The van der Waals surface area contributed by atoms with Gasteiger partial charge in [0, 0.05) is 16.8 Å². The van der Waals surface area contributed by atoms with Crippen LogP contribution in [-0.2, 0) is 17.6 Å². The third kappa shape index (κ3) is 2.51. The van der Waals surface area contributed by atoms with Gasteiger partial charge in [-0.3, -0.25) is 0 Å². The van der Waals surface area contributed by atoms with Crippen molar-refractivity contribution in [1.82, 2.24) is 9.97 Å². The van der Waals surface area contributed by atoms with E-state index in [-0.39, 0.29) is 5.97 Å². The van der Waals surface area contributed by atoms with Crippen LogP contribution in [0.25, 0.3) is 11.0 Å². The van der Waals surface area contributed by atoms with E-state index >= 15 is 0 Å². The fraction of sp³-hybridized carbons (Fsp3) is 0.471. The molecule has 1 aliphatic carbocycles. The molecule has 0 aromatic carbocycles. The molecule has 3 rings (SSSR count). The van der Waals surface area contributed by atoms with Crippen LogP contribution in [-0.4, -0.2) is 22.5 Å². The second-order valence-electron chi connectivity index (χ2n) is 5.72. The quantitative estimate of drug-likeness (QED) is 0.681. The number of rotatable bonds is 2. The van der Waals surface area contributed by atoms with Crippen molar-refractivity contribution in [1.29, 1.82) is 0 Å². The number of pyridine rings is 2. The van der Waals surface area contributed by atoms with Crippen molar-refractivity contribution in [2.24, 2.45) is 0 Å². The summed E-state index contributed by atoms with van der Waals surface area (Å²) in [5.41, 5.74) is 11.0. The summed E-state index contributed by atoms with van der Waals surface area (Å²) in [6.07, 6.45) is 5.38. The van der Waals surface area contributed by atoms with Crippen LogP contribution < -0.4 is 5.73 Å². The number of hydrogen-bond donors (Lipinski definition) is 1. The molecule has 0 unspecified atom stereocenters. The number of nitrogens with two attached hydrogens (primary N) is 1. The predicted octanol–water partition coefficient (Wildman–Crippen LogP) is 2.97. The zero-order valence-electron chi connectivity index (χ0n) is 13.1. The summed E-state index contributed by atoms with van der Waals surface area (Å²) in [6, 6.07) is 1.78. The first-order chi connectivity index (χ1) is 10.6. The number of carbonyl (C=O) groups excluding carboxylic acids is 1. The molecule has 0 aliphatic heterocycles. The monoisotopic (exact) mass is 299 g/mol. The van der Waals surface area contributed by atoms with Gasteiger partial charge >= 0.3 is 5.97 Å². The number of nitrogen functional groups attached to an aromatic ring is 1. The lowest BCUT2D eigenvalue weighted by molar-refractivity contribution is 0.0525. The highest BCUT2D eigenvalue weighted by Gasteiger charge is 2.19. The lowest BCUT2D eigenvalue weighted by Gasteiger charge is -2.13. The van der Waals surface area contributed by atoms with Crippen molar-refractivity contribution < 1.29 is 9.53 Å². The second-order valence-corrected chi connectivity index (χ2v) is 5.72. The van der Waals surface area contributed by atoms with Gasteiger partial charge in [0.1, 0.15) is 0 Å². The van der Waals surface area contributed by atoms with Crippen LogP contribution in [0, 0.1) is 6.92 Å². The summed E-state index contributed by atoms with van der Waals surface area (Å²) in [7, 11) is 0. The maximum atomic E-state index is 12.0. The first kappa shape index (κ1) is 14.8. The second kappa shape index (κ2) is 5.91. The van der Waals surface area contributed by atoms with Gasteiger partial charge in [-0.1, -0.05) is 6.42 Å².